The third-order valence-electron chi connectivity index (χ3n) is 3.66. The first-order valence-corrected chi connectivity index (χ1v) is 7.47. The maximum Gasteiger partial charge on any atom is 0.250 e. The Kier molecular flexibility index (Phi) is 3.93. The number of pyridine rings is 1. The number of aromatic nitrogens is 3. The quantitative estimate of drug-likeness (QED) is 0.806. The Bertz CT molecular complexity index is 885. The van der Waals surface area contributed by atoms with E-state index in [0.29, 0.717) is 0 Å². The minimum Gasteiger partial charge on any atom is -0.368 e. The van der Waals surface area contributed by atoms with E-state index in [1.165, 1.54) is 0 Å². The molecule has 0 amide bonds. The fraction of sp³-hybridized carbons (Fsp3) is 0.167. The normalized spacial score (nSPS) is 10.9. The molecule has 0 unspecified atom stereocenters. The van der Waals surface area contributed by atoms with Crippen molar-refractivity contribution < 1.29 is 0 Å². The minimum atomic E-state index is -0.0265. The third-order valence-corrected chi connectivity index (χ3v) is 3.66. The smallest absolute Gasteiger partial charge is 0.250 e. The van der Waals surface area contributed by atoms with E-state index in [-0.39, 0.29) is 17.5 Å². The van der Waals surface area contributed by atoms with Crippen molar-refractivity contribution in [2.75, 3.05) is 5.73 Å². The molecule has 0 fully saturated rings. The Morgan fingerprint density at radius 1 is 1.04 bits per heavy atom. The van der Waals surface area contributed by atoms with Crippen LogP contribution in [0.4, 0.5) is 5.95 Å². The van der Waals surface area contributed by atoms with Gasteiger partial charge in [-0.1, -0.05) is 30.3 Å². The van der Waals surface area contributed by atoms with Gasteiger partial charge in [-0.05, 0) is 19.9 Å². The maximum atomic E-state index is 12.0. The first-order valence-electron chi connectivity index (χ1n) is 7.47. The van der Waals surface area contributed by atoms with E-state index in [0.717, 1.165) is 22.4 Å². The third kappa shape index (κ3) is 2.99. The fourth-order valence-corrected chi connectivity index (χ4v) is 2.49. The lowest BCUT2D eigenvalue weighted by atomic mass is 10.0. The summed E-state index contributed by atoms with van der Waals surface area (Å²) < 4.78 is 1.69. The zero-order valence-electron chi connectivity index (χ0n) is 13.1. The van der Waals surface area contributed by atoms with Crippen molar-refractivity contribution in [3.05, 3.63) is 65.2 Å². The second-order valence-corrected chi connectivity index (χ2v) is 5.61. The standard InChI is InChI=1S/C18H18N4O/c1-12(2)22-11-14(8-9-16(22)23)15-10-20-18(19)21-17(15)13-6-4-3-5-7-13/h3-12H,1-2H3,(H2,19,20,21). The van der Waals surface area contributed by atoms with Gasteiger partial charge in [0.05, 0.1) is 5.69 Å². The fourth-order valence-electron chi connectivity index (χ4n) is 2.49. The number of rotatable bonds is 3. The van der Waals surface area contributed by atoms with Gasteiger partial charge in [-0.15, -0.1) is 0 Å². The minimum absolute atomic E-state index is 0.0265. The van der Waals surface area contributed by atoms with Crippen LogP contribution < -0.4 is 11.3 Å². The van der Waals surface area contributed by atoms with Crippen LogP contribution in [0.15, 0.2) is 59.7 Å². The molecule has 0 bridgehead atoms. The lowest BCUT2D eigenvalue weighted by Crippen LogP contribution is -2.20. The molecule has 0 aliphatic rings. The molecule has 0 radical (unpaired) electrons. The Morgan fingerprint density at radius 2 is 1.78 bits per heavy atom. The summed E-state index contributed by atoms with van der Waals surface area (Å²) in [6.45, 7) is 3.95. The molecule has 5 nitrogen and oxygen atoms in total. The number of benzene rings is 1. The van der Waals surface area contributed by atoms with Gasteiger partial charge in [0.15, 0.2) is 0 Å². The Morgan fingerprint density at radius 3 is 2.48 bits per heavy atom. The number of nitrogens with two attached hydrogens (primary N) is 1. The summed E-state index contributed by atoms with van der Waals surface area (Å²) in [6.07, 6.45) is 3.55. The molecule has 2 aromatic heterocycles. The molecule has 1 aromatic carbocycles. The molecule has 0 saturated carbocycles. The van der Waals surface area contributed by atoms with Crippen LogP contribution >= 0.6 is 0 Å². The van der Waals surface area contributed by atoms with Gasteiger partial charge in [-0.25, -0.2) is 9.97 Å². The van der Waals surface area contributed by atoms with Crippen LogP contribution in [0, 0.1) is 0 Å². The van der Waals surface area contributed by atoms with Crippen molar-refractivity contribution in [3.8, 4) is 22.4 Å². The Hall–Kier alpha value is -2.95. The predicted octanol–water partition coefficient (Wildman–Crippen LogP) is 3.14. The zero-order chi connectivity index (χ0) is 16.4. The van der Waals surface area contributed by atoms with Crippen molar-refractivity contribution in [1.29, 1.82) is 0 Å². The van der Waals surface area contributed by atoms with Gasteiger partial charge >= 0.3 is 0 Å². The first kappa shape index (κ1) is 15.0. The molecule has 5 heteroatoms. The number of hydrogen-bond acceptors (Lipinski definition) is 4. The number of anilines is 1. The molecule has 0 spiro atoms. The Balaban J connectivity index is 2.22. The molecule has 2 heterocycles. The summed E-state index contributed by atoms with van der Waals surface area (Å²) in [5.41, 5.74) is 9.19. The van der Waals surface area contributed by atoms with E-state index >= 15 is 0 Å². The summed E-state index contributed by atoms with van der Waals surface area (Å²) in [4.78, 5) is 20.5. The molecule has 23 heavy (non-hydrogen) atoms. The monoisotopic (exact) mass is 306 g/mol. The number of nitrogen functional groups attached to an aromatic ring is 1. The van der Waals surface area contributed by atoms with E-state index in [2.05, 4.69) is 9.97 Å². The molecular weight excluding hydrogens is 288 g/mol. The van der Waals surface area contributed by atoms with E-state index in [4.69, 9.17) is 5.73 Å². The molecule has 3 aromatic rings. The van der Waals surface area contributed by atoms with Crippen LogP contribution in [0.3, 0.4) is 0 Å². The summed E-state index contributed by atoms with van der Waals surface area (Å²) in [5.74, 6) is 0.227. The molecule has 0 saturated heterocycles. The van der Waals surface area contributed by atoms with Crippen LogP contribution in [0.2, 0.25) is 0 Å². The van der Waals surface area contributed by atoms with Crippen molar-refractivity contribution >= 4 is 5.95 Å². The number of hydrogen-bond donors (Lipinski definition) is 1. The van der Waals surface area contributed by atoms with Gasteiger partial charge in [0.2, 0.25) is 5.95 Å². The van der Waals surface area contributed by atoms with Crippen molar-refractivity contribution in [1.82, 2.24) is 14.5 Å². The van der Waals surface area contributed by atoms with E-state index < -0.39 is 0 Å². The summed E-state index contributed by atoms with van der Waals surface area (Å²) in [7, 11) is 0. The van der Waals surface area contributed by atoms with Gasteiger partial charge in [0, 0.05) is 41.2 Å². The van der Waals surface area contributed by atoms with E-state index in [1.54, 1.807) is 22.9 Å². The van der Waals surface area contributed by atoms with Crippen molar-refractivity contribution in [3.63, 3.8) is 0 Å². The second kappa shape index (κ2) is 6.04. The molecule has 0 aliphatic heterocycles. The molecule has 0 atom stereocenters. The molecule has 116 valence electrons. The highest BCUT2D eigenvalue weighted by Crippen LogP contribution is 2.30. The van der Waals surface area contributed by atoms with Crippen LogP contribution in [-0.2, 0) is 0 Å². The van der Waals surface area contributed by atoms with Crippen LogP contribution in [0.1, 0.15) is 19.9 Å². The molecule has 0 aliphatic carbocycles. The predicted molar refractivity (Wildman–Crippen MR) is 92.0 cm³/mol. The summed E-state index contributed by atoms with van der Waals surface area (Å²) in [6, 6.07) is 13.2. The highest BCUT2D eigenvalue weighted by Gasteiger charge is 2.12. The van der Waals surface area contributed by atoms with E-state index in [9.17, 15) is 4.79 Å². The van der Waals surface area contributed by atoms with Crippen LogP contribution in [-0.4, -0.2) is 14.5 Å². The first-order chi connectivity index (χ1) is 11.1. The Labute approximate surface area is 134 Å². The highest BCUT2D eigenvalue weighted by molar-refractivity contribution is 5.80. The molecular formula is C18H18N4O. The molecule has 2 N–H and O–H groups in total. The largest absolute Gasteiger partial charge is 0.368 e. The summed E-state index contributed by atoms with van der Waals surface area (Å²) >= 11 is 0. The molecule has 3 rings (SSSR count). The topological polar surface area (TPSA) is 73.8 Å². The van der Waals surface area contributed by atoms with Gasteiger partial charge in [0.1, 0.15) is 0 Å². The average molecular weight is 306 g/mol. The van der Waals surface area contributed by atoms with Crippen LogP contribution in [0.25, 0.3) is 22.4 Å². The second-order valence-electron chi connectivity index (χ2n) is 5.61. The van der Waals surface area contributed by atoms with Gasteiger partial charge in [-0.3, -0.25) is 4.79 Å². The van der Waals surface area contributed by atoms with Crippen molar-refractivity contribution in [2.45, 2.75) is 19.9 Å². The highest BCUT2D eigenvalue weighted by atomic mass is 16.1. The van der Waals surface area contributed by atoms with Crippen molar-refractivity contribution in [2.24, 2.45) is 0 Å². The maximum absolute atomic E-state index is 12.0. The van der Waals surface area contributed by atoms with Crippen LogP contribution in [0.5, 0.6) is 0 Å². The average Bonchev–Trinajstić information content (AvgIpc) is 2.56. The van der Waals surface area contributed by atoms with Gasteiger partial charge in [-0.2, -0.15) is 0 Å². The van der Waals surface area contributed by atoms with Gasteiger partial charge < -0.3 is 10.3 Å². The lowest BCUT2D eigenvalue weighted by molar-refractivity contribution is 0.579. The lowest BCUT2D eigenvalue weighted by Gasteiger charge is -2.13. The van der Waals surface area contributed by atoms with E-state index in [1.807, 2.05) is 50.4 Å². The SMILES string of the molecule is CC(C)n1cc(-c2cnc(N)nc2-c2ccccc2)ccc1=O. The zero-order valence-corrected chi connectivity index (χ0v) is 13.1. The summed E-state index contributed by atoms with van der Waals surface area (Å²) in [5, 5.41) is 0. The number of nitrogens with zero attached hydrogens (tertiary/aromatic N) is 3. The van der Waals surface area contributed by atoms with Gasteiger partial charge in [0.25, 0.3) is 5.56 Å².